The Balaban J connectivity index is 2.06. The van der Waals surface area contributed by atoms with Crippen LogP contribution in [-0.4, -0.2) is 20.6 Å². The van der Waals surface area contributed by atoms with Crippen LogP contribution in [0.3, 0.4) is 0 Å². The van der Waals surface area contributed by atoms with Crippen molar-refractivity contribution in [3.05, 3.63) is 40.7 Å². The summed E-state index contributed by atoms with van der Waals surface area (Å²) in [4.78, 5) is 0. The van der Waals surface area contributed by atoms with Gasteiger partial charge in [0.2, 0.25) is 0 Å². The normalized spacial score (nSPS) is 12.7. The molecule has 0 saturated heterocycles. The largest absolute Gasteiger partial charge is 0.321 e. The molecule has 0 aliphatic carbocycles. The fourth-order valence-electron chi connectivity index (χ4n) is 1.29. The Bertz CT molecular complexity index is 411. The molecule has 1 atom stereocenters. The molecule has 1 heterocycles. The van der Waals surface area contributed by atoms with E-state index < -0.39 is 0 Å². The summed E-state index contributed by atoms with van der Waals surface area (Å²) in [7, 11) is 0. The van der Waals surface area contributed by atoms with Gasteiger partial charge in [0.15, 0.2) is 5.82 Å². The van der Waals surface area contributed by atoms with Gasteiger partial charge in [0.1, 0.15) is 0 Å². The molecule has 0 aliphatic heterocycles. The molecule has 0 aliphatic rings. The van der Waals surface area contributed by atoms with Crippen LogP contribution in [0.15, 0.2) is 24.3 Å². The number of H-pyrrole nitrogens is 1. The smallest absolute Gasteiger partial charge is 0.191 e. The maximum atomic E-state index is 5.89. The molecule has 0 radical (unpaired) electrons. The molecular formula is C9H10ClN5. The van der Waals surface area contributed by atoms with E-state index in [1.807, 2.05) is 24.3 Å². The molecule has 1 aromatic heterocycles. The first-order valence-electron chi connectivity index (χ1n) is 4.49. The van der Waals surface area contributed by atoms with E-state index in [4.69, 9.17) is 17.3 Å². The van der Waals surface area contributed by atoms with E-state index in [-0.39, 0.29) is 6.04 Å². The summed E-state index contributed by atoms with van der Waals surface area (Å²) in [5, 5.41) is 14.2. The molecule has 6 heteroatoms. The van der Waals surface area contributed by atoms with Gasteiger partial charge < -0.3 is 5.73 Å². The van der Waals surface area contributed by atoms with Crippen molar-refractivity contribution in [3.8, 4) is 0 Å². The summed E-state index contributed by atoms with van der Waals surface area (Å²) < 4.78 is 0. The Morgan fingerprint density at radius 3 is 2.67 bits per heavy atom. The minimum absolute atomic E-state index is 0.245. The molecule has 78 valence electrons. The summed E-state index contributed by atoms with van der Waals surface area (Å²) in [6.07, 6.45) is 0.663. The first-order valence-corrected chi connectivity index (χ1v) is 4.87. The Labute approximate surface area is 91.6 Å². The maximum absolute atomic E-state index is 5.89. The number of aromatic amines is 1. The summed E-state index contributed by atoms with van der Waals surface area (Å²) in [6, 6.07) is 7.29. The summed E-state index contributed by atoms with van der Waals surface area (Å²) in [5.41, 5.74) is 6.99. The van der Waals surface area contributed by atoms with Crippen molar-refractivity contribution in [3.63, 3.8) is 0 Å². The number of nitrogens with zero attached hydrogens (tertiary/aromatic N) is 3. The average Bonchev–Trinajstić information content (AvgIpc) is 2.74. The molecule has 5 nitrogen and oxygen atoms in total. The monoisotopic (exact) mass is 223 g/mol. The quantitative estimate of drug-likeness (QED) is 0.817. The SMILES string of the molecule is N[C@@H](Cc1ccc(Cl)cc1)c1nn[nH]n1. The van der Waals surface area contributed by atoms with Crippen molar-refractivity contribution in [1.29, 1.82) is 0 Å². The van der Waals surface area contributed by atoms with Crippen LogP contribution in [-0.2, 0) is 6.42 Å². The second-order valence-electron chi connectivity index (χ2n) is 3.21. The first kappa shape index (κ1) is 10.1. The van der Waals surface area contributed by atoms with Crippen LogP contribution in [0.25, 0.3) is 0 Å². The van der Waals surface area contributed by atoms with Gasteiger partial charge in [-0.3, -0.25) is 0 Å². The standard InChI is InChI=1S/C9H10ClN5/c10-7-3-1-6(2-4-7)5-8(11)9-12-14-15-13-9/h1-4,8H,5,11H2,(H,12,13,14,15)/t8-/m0/s1. The molecule has 15 heavy (non-hydrogen) atoms. The third kappa shape index (κ3) is 2.51. The summed E-state index contributed by atoms with van der Waals surface area (Å²) in [6.45, 7) is 0. The molecule has 1 aromatic carbocycles. The number of hydrogen-bond donors (Lipinski definition) is 2. The van der Waals surface area contributed by atoms with E-state index in [1.165, 1.54) is 0 Å². The van der Waals surface area contributed by atoms with Crippen LogP contribution >= 0.6 is 11.6 Å². The number of halogens is 1. The highest BCUT2D eigenvalue weighted by Crippen LogP contribution is 2.14. The van der Waals surface area contributed by atoms with Gasteiger partial charge >= 0.3 is 0 Å². The van der Waals surface area contributed by atoms with E-state index in [2.05, 4.69) is 20.6 Å². The summed E-state index contributed by atoms with van der Waals surface area (Å²) in [5.74, 6) is 0.518. The number of aromatic nitrogens is 4. The maximum Gasteiger partial charge on any atom is 0.191 e. The van der Waals surface area contributed by atoms with E-state index >= 15 is 0 Å². The highest BCUT2D eigenvalue weighted by atomic mass is 35.5. The molecule has 3 N–H and O–H groups in total. The van der Waals surface area contributed by atoms with Crippen molar-refractivity contribution < 1.29 is 0 Å². The Kier molecular flexibility index (Phi) is 2.94. The lowest BCUT2D eigenvalue weighted by atomic mass is 10.1. The predicted octanol–water partition coefficient (Wildman–Crippen LogP) is 1.10. The van der Waals surface area contributed by atoms with Gasteiger partial charge in [-0.15, -0.1) is 10.2 Å². The van der Waals surface area contributed by atoms with Crippen LogP contribution < -0.4 is 5.73 Å². The topological polar surface area (TPSA) is 80.5 Å². The second-order valence-corrected chi connectivity index (χ2v) is 3.64. The average molecular weight is 224 g/mol. The van der Waals surface area contributed by atoms with Crippen LogP contribution in [0.5, 0.6) is 0 Å². The van der Waals surface area contributed by atoms with E-state index in [1.54, 1.807) is 0 Å². The van der Waals surface area contributed by atoms with Crippen LogP contribution in [0.2, 0.25) is 5.02 Å². The number of nitrogens with two attached hydrogens (primary N) is 1. The minimum Gasteiger partial charge on any atom is -0.321 e. The molecule has 0 fully saturated rings. The molecule has 2 rings (SSSR count). The molecule has 0 spiro atoms. The lowest BCUT2D eigenvalue weighted by Gasteiger charge is -2.06. The third-order valence-corrected chi connectivity index (χ3v) is 2.31. The Hall–Kier alpha value is -1.46. The third-order valence-electron chi connectivity index (χ3n) is 2.06. The molecule has 0 unspecified atom stereocenters. The van der Waals surface area contributed by atoms with E-state index in [0.717, 1.165) is 5.56 Å². The lowest BCUT2D eigenvalue weighted by molar-refractivity contribution is 0.669. The fraction of sp³-hybridized carbons (Fsp3) is 0.222. The molecule has 0 saturated carbocycles. The number of benzene rings is 1. The predicted molar refractivity (Wildman–Crippen MR) is 56.3 cm³/mol. The zero-order valence-electron chi connectivity index (χ0n) is 7.89. The zero-order chi connectivity index (χ0) is 10.7. The van der Waals surface area contributed by atoms with E-state index in [9.17, 15) is 0 Å². The first-order chi connectivity index (χ1) is 7.25. The number of hydrogen-bond acceptors (Lipinski definition) is 4. The van der Waals surface area contributed by atoms with Gasteiger partial charge in [0.25, 0.3) is 0 Å². The van der Waals surface area contributed by atoms with Gasteiger partial charge in [-0.05, 0) is 24.1 Å². The van der Waals surface area contributed by atoms with Crippen molar-refractivity contribution in [2.24, 2.45) is 5.73 Å². The number of rotatable bonds is 3. The van der Waals surface area contributed by atoms with Crippen molar-refractivity contribution in [1.82, 2.24) is 20.6 Å². The highest BCUT2D eigenvalue weighted by molar-refractivity contribution is 6.30. The Morgan fingerprint density at radius 2 is 2.07 bits per heavy atom. The van der Waals surface area contributed by atoms with Crippen LogP contribution in [0, 0.1) is 0 Å². The summed E-state index contributed by atoms with van der Waals surface area (Å²) >= 11 is 5.78. The van der Waals surface area contributed by atoms with Crippen molar-refractivity contribution in [2.45, 2.75) is 12.5 Å². The lowest BCUT2D eigenvalue weighted by Crippen LogP contribution is -2.15. The van der Waals surface area contributed by atoms with Gasteiger partial charge in [-0.25, -0.2) is 0 Å². The molecular weight excluding hydrogens is 214 g/mol. The zero-order valence-corrected chi connectivity index (χ0v) is 8.65. The van der Waals surface area contributed by atoms with Crippen molar-refractivity contribution >= 4 is 11.6 Å². The highest BCUT2D eigenvalue weighted by Gasteiger charge is 2.11. The molecule has 0 amide bonds. The molecule has 2 aromatic rings. The van der Waals surface area contributed by atoms with Gasteiger partial charge in [-0.1, -0.05) is 28.9 Å². The van der Waals surface area contributed by atoms with Crippen LogP contribution in [0.1, 0.15) is 17.4 Å². The Morgan fingerprint density at radius 1 is 1.33 bits per heavy atom. The second kappa shape index (κ2) is 4.37. The number of nitrogens with one attached hydrogen (secondary N) is 1. The van der Waals surface area contributed by atoms with Gasteiger partial charge in [0.05, 0.1) is 6.04 Å². The van der Waals surface area contributed by atoms with Gasteiger partial charge in [-0.2, -0.15) is 5.21 Å². The fourth-order valence-corrected chi connectivity index (χ4v) is 1.42. The van der Waals surface area contributed by atoms with Gasteiger partial charge in [0, 0.05) is 5.02 Å². The molecule has 0 bridgehead atoms. The van der Waals surface area contributed by atoms with Crippen LogP contribution in [0.4, 0.5) is 0 Å². The van der Waals surface area contributed by atoms with E-state index in [0.29, 0.717) is 17.3 Å². The minimum atomic E-state index is -0.245. The van der Waals surface area contributed by atoms with Crippen molar-refractivity contribution in [2.75, 3.05) is 0 Å². The number of tetrazole rings is 1.